The highest BCUT2D eigenvalue weighted by molar-refractivity contribution is 5.85. The average Bonchev–Trinajstić information content (AvgIpc) is 2.47. The quantitative estimate of drug-likeness (QED) is 0.794. The summed E-state index contributed by atoms with van der Waals surface area (Å²) in [5.41, 5.74) is -0.610. The molecule has 2 heterocycles. The van der Waals surface area contributed by atoms with E-state index in [9.17, 15) is 4.79 Å². The van der Waals surface area contributed by atoms with Crippen molar-refractivity contribution in [3.8, 4) is 0 Å². The molecule has 2 fully saturated rings. The molecule has 5 heteroatoms. The van der Waals surface area contributed by atoms with Gasteiger partial charge in [0.2, 0.25) is 0 Å². The summed E-state index contributed by atoms with van der Waals surface area (Å²) in [5.74, 6) is 0.147. The van der Waals surface area contributed by atoms with Crippen molar-refractivity contribution in [1.29, 1.82) is 0 Å². The van der Waals surface area contributed by atoms with Crippen molar-refractivity contribution >= 4 is 5.91 Å². The Labute approximate surface area is 109 Å². The molecule has 104 valence electrons. The number of hydrogen-bond donors (Lipinski definition) is 1. The molecule has 1 amide bonds. The lowest BCUT2D eigenvalue weighted by Crippen LogP contribution is -2.58. The van der Waals surface area contributed by atoms with Crippen LogP contribution in [-0.2, 0) is 14.3 Å². The first kappa shape index (κ1) is 13.8. The number of ether oxygens (including phenoxy) is 2. The molecule has 0 bridgehead atoms. The summed E-state index contributed by atoms with van der Waals surface area (Å²) < 4.78 is 11.2. The second-order valence-electron chi connectivity index (χ2n) is 5.10. The normalized spacial score (nSPS) is 28.1. The van der Waals surface area contributed by atoms with E-state index in [0.717, 1.165) is 32.4 Å². The molecule has 2 saturated heterocycles. The number of amides is 1. The Bertz CT molecular complexity index is 290. The molecule has 0 aromatic heterocycles. The fourth-order valence-corrected chi connectivity index (χ4v) is 2.77. The predicted octanol–water partition coefficient (Wildman–Crippen LogP) is 0.392. The van der Waals surface area contributed by atoms with E-state index in [1.807, 2.05) is 4.90 Å². The molecule has 0 aliphatic carbocycles. The SMILES string of the molecule is CC[C@H]1CN(C(=O)C2(OC)CCNCC2)CCO1. The first-order valence-electron chi connectivity index (χ1n) is 6.88. The summed E-state index contributed by atoms with van der Waals surface area (Å²) >= 11 is 0. The van der Waals surface area contributed by atoms with Gasteiger partial charge in [0.1, 0.15) is 5.60 Å². The van der Waals surface area contributed by atoms with Gasteiger partial charge in [0.15, 0.2) is 0 Å². The minimum atomic E-state index is -0.610. The standard InChI is InChI=1S/C13H24N2O3/c1-3-11-10-15(8-9-18-11)12(16)13(17-2)4-6-14-7-5-13/h11,14H,3-10H2,1-2H3/t11-/m0/s1. The minimum Gasteiger partial charge on any atom is -0.375 e. The Balaban J connectivity index is 2.04. The number of carbonyl (C=O) groups excluding carboxylic acids is 1. The van der Waals surface area contributed by atoms with Crippen LogP contribution in [0.15, 0.2) is 0 Å². The summed E-state index contributed by atoms with van der Waals surface area (Å²) in [7, 11) is 1.65. The molecular formula is C13H24N2O3. The molecular weight excluding hydrogens is 232 g/mol. The molecule has 5 nitrogen and oxygen atoms in total. The van der Waals surface area contributed by atoms with Gasteiger partial charge in [0.25, 0.3) is 5.91 Å². The zero-order valence-corrected chi connectivity index (χ0v) is 11.4. The largest absolute Gasteiger partial charge is 0.375 e. The van der Waals surface area contributed by atoms with Gasteiger partial charge in [-0.05, 0) is 32.4 Å². The molecule has 2 aliphatic heterocycles. The van der Waals surface area contributed by atoms with Gasteiger partial charge in [-0.2, -0.15) is 0 Å². The summed E-state index contributed by atoms with van der Waals surface area (Å²) in [4.78, 5) is 14.6. The number of nitrogens with zero attached hydrogens (tertiary/aromatic N) is 1. The van der Waals surface area contributed by atoms with E-state index in [1.165, 1.54) is 0 Å². The van der Waals surface area contributed by atoms with Crippen molar-refractivity contribution in [1.82, 2.24) is 10.2 Å². The summed E-state index contributed by atoms with van der Waals surface area (Å²) in [5, 5.41) is 3.28. The summed E-state index contributed by atoms with van der Waals surface area (Å²) in [6.07, 6.45) is 2.65. The second-order valence-corrected chi connectivity index (χ2v) is 5.10. The molecule has 0 unspecified atom stereocenters. The first-order chi connectivity index (χ1) is 8.72. The number of nitrogens with one attached hydrogen (secondary N) is 1. The monoisotopic (exact) mass is 256 g/mol. The van der Waals surface area contributed by atoms with E-state index in [4.69, 9.17) is 9.47 Å². The van der Waals surface area contributed by atoms with Crippen LogP contribution >= 0.6 is 0 Å². The van der Waals surface area contributed by atoms with Crippen LogP contribution in [0.1, 0.15) is 26.2 Å². The van der Waals surface area contributed by atoms with E-state index < -0.39 is 5.60 Å². The third-order valence-corrected chi connectivity index (χ3v) is 4.07. The van der Waals surface area contributed by atoms with Gasteiger partial charge in [-0.3, -0.25) is 4.79 Å². The molecule has 2 aliphatic rings. The van der Waals surface area contributed by atoms with E-state index in [-0.39, 0.29) is 12.0 Å². The lowest BCUT2D eigenvalue weighted by molar-refractivity contribution is -0.165. The number of morpholine rings is 1. The van der Waals surface area contributed by atoms with Gasteiger partial charge in [-0.1, -0.05) is 6.92 Å². The van der Waals surface area contributed by atoms with Gasteiger partial charge in [-0.25, -0.2) is 0 Å². The topological polar surface area (TPSA) is 50.8 Å². The molecule has 0 spiro atoms. The van der Waals surface area contributed by atoms with E-state index in [1.54, 1.807) is 7.11 Å². The zero-order valence-electron chi connectivity index (χ0n) is 11.4. The van der Waals surface area contributed by atoms with Crippen molar-refractivity contribution in [3.05, 3.63) is 0 Å². The van der Waals surface area contributed by atoms with Crippen LogP contribution in [0.4, 0.5) is 0 Å². The third kappa shape index (κ3) is 2.68. The Morgan fingerprint density at radius 1 is 1.50 bits per heavy atom. The summed E-state index contributed by atoms with van der Waals surface area (Å²) in [6, 6.07) is 0. The fourth-order valence-electron chi connectivity index (χ4n) is 2.77. The fraction of sp³-hybridized carbons (Fsp3) is 0.923. The second kappa shape index (κ2) is 5.99. The molecule has 18 heavy (non-hydrogen) atoms. The molecule has 0 aromatic carbocycles. The first-order valence-corrected chi connectivity index (χ1v) is 6.88. The number of carbonyl (C=O) groups is 1. The maximum Gasteiger partial charge on any atom is 0.255 e. The van der Waals surface area contributed by atoms with Gasteiger partial charge in [0.05, 0.1) is 12.7 Å². The van der Waals surface area contributed by atoms with Crippen molar-refractivity contribution in [3.63, 3.8) is 0 Å². The van der Waals surface area contributed by atoms with Crippen LogP contribution in [0.25, 0.3) is 0 Å². The van der Waals surface area contributed by atoms with Crippen molar-refractivity contribution in [2.75, 3.05) is 39.9 Å². The Kier molecular flexibility index (Phi) is 4.59. The van der Waals surface area contributed by atoms with Crippen molar-refractivity contribution < 1.29 is 14.3 Å². The van der Waals surface area contributed by atoms with Gasteiger partial charge >= 0.3 is 0 Å². The zero-order chi connectivity index (χ0) is 13.0. The smallest absolute Gasteiger partial charge is 0.255 e. The third-order valence-electron chi connectivity index (χ3n) is 4.07. The number of methoxy groups -OCH3 is 1. The Morgan fingerprint density at radius 2 is 2.22 bits per heavy atom. The molecule has 0 saturated carbocycles. The lowest BCUT2D eigenvalue weighted by atomic mass is 9.90. The van der Waals surface area contributed by atoms with Crippen LogP contribution < -0.4 is 5.32 Å². The van der Waals surface area contributed by atoms with Gasteiger partial charge in [-0.15, -0.1) is 0 Å². The Morgan fingerprint density at radius 3 is 2.83 bits per heavy atom. The molecule has 1 N–H and O–H groups in total. The van der Waals surface area contributed by atoms with Crippen LogP contribution in [-0.4, -0.2) is 62.4 Å². The predicted molar refractivity (Wildman–Crippen MR) is 68.5 cm³/mol. The molecule has 0 aromatic rings. The Hall–Kier alpha value is -0.650. The molecule has 2 rings (SSSR count). The van der Waals surface area contributed by atoms with Crippen LogP contribution in [0, 0.1) is 0 Å². The molecule has 0 radical (unpaired) electrons. The molecule has 1 atom stereocenters. The van der Waals surface area contributed by atoms with Crippen LogP contribution in [0.2, 0.25) is 0 Å². The van der Waals surface area contributed by atoms with Crippen LogP contribution in [0.5, 0.6) is 0 Å². The minimum absolute atomic E-state index is 0.147. The highest BCUT2D eigenvalue weighted by atomic mass is 16.5. The highest BCUT2D eigenvalue weighted by Gasteiger charge is 2.43. The van der Waals surface area contributed by atoms with E-state index in [2.05, 4.69) is 12.2 Å². The van der Waals surface area contributed by atoms with Crippen molar-refractivity contribution in [2.45, 2.75) is 37.9 Å². The number of piperidine rings is 1. The maximum absolute atomic E-state index is 12.7. The van der Waals surface area contributed by atoms with Crippen molar-refractivity contribution in [2.24, 2.45) is 0 Å². The van der Waals surface area contributed by atoms with E-state index in [0.29, 0.717) is 19.7 Å². The average molecular weight is 256 g/mol. The highest BCUT2D eigenvalue weighted by Crippen LogP contribution is 2.26. The maximum atomic E-state index is 12.7. The van der Waals surface area contributed by atoms with Gasteiger partial charge in [0, 0.05) is 20.2 Å². The number of hydrogen-bond acceptors (Lipinski definition) is 4. The van der Waals surface area contributed by atoms with Gasteiger partial charge < -0.3 is 19.7 Å². The lowest BCUT2D eigenvalue weighted by Gasteiger charge is -2.41. The van der Waals surface area contributed by atoms with Crippen LogP contribution in [0.3, 0.4) is 0 Å². The van der Waals surface area contributed by atoms with E-state index >= 15 is 0 Å². The number of rotatable bonds is 3. The summed E-state index contributed by atoms with van der Waals surface area (Å²) in [6.45, 7) is 5.82.